The van der Waals surface area contributed by atoms with Crippen molar-refractivity contribution < 1.29 is 9.90 Å². The average Bonchev–Trinajstić information content (AvgIpc) is 2.44. The SMILES string of the molecule is CN(CC1CC(O)C1)C(=O)[C@H]1Cc2ccccc2CN1. The number of fused-ring (bicyclic) bond motifs is 1. The minimum absolute atomic E-state index is 0.111. The van der Waals surface area contributed by atoms with Gasteiger partial charge >= 0.3 is 0 Å². The van der Waals surface area contributed by atoms with E-state index in [0.717, 1.165) is 32.4 Å². The molecule has 1 aromatic carbocycles. The quantitative estimate of drug-likeness (QED) is 0.862. The van der Waals surface area contributed by atoms with Crippen LogP contribution in [0.3, 0.4) is 0 Å². The number of benzene rings is 1. The molecule has 0 aromatic heterocycles. The van der Waals surface area contributed by atoms with Gasteiger partial charge in [0, 0.05) is 20.1 Å². The summed E-state index contributed by atoms with van der Waals surface area (Å²) in [6.07, 6.45) is 2.28. The number of carbonyl (C=O) groups is 1. The van der Waals surface area contributed by atoms with Crippen LogP contribution in [0, 0.1) is 5.92 Å². The largest absolute Gasteiger partial charge is 0.393 e. The van der Waals surface area contributed by atoms with E-state index in [2.05, 4.69) is 17.4 Å². The van der Waals surface area contributed by atoms with E-state index < -0.39 is 0 Å². The van der Waals surface area contributed by atoms with E-state index in [0.29, 0.717) is 5.92 Å². The number of aliphatic hydroxyl groups is 1. The lowest BCUT2D eigenvalue weighted by Gasteiger charge is -2.36. The van der Waals surface area contributed by atoms with Gasteiger partial charge in [-0.3, -0.25) is 4.79 Å². The zero-order chi connectivity index (χ0) is 14.1. The van der Waals surface area contributed by atoms with E-state index in [1.165, 1.54) is 11.1 Å². The summed E-state index contributed by atoms with van der Waals surface area (Å²) in [4.78, 5) is 14.3. The lowest BCUT2D eigenvalue weighted by Crippen LogP contribution is -2.50. The number of carbonyl (C=O) groups excluding carboxylic acids is 1. The Morgan fingerprint density at radius 1 is 1.35 bits per heavy atom. The molecule has 1 aliphatic carbocycles. The Balaban J connectivity index is 1.58. The van der Waals surface area contributed by atoms with Crippen LogP contribution >= 0.6 is 0 Å². The van der Waals surface area contributed by atoms with Gasteiger partial charge in [0.05, 0.1) is 12.1 Å². The first-order chi connectivity index (χ1) is 9.63. The van der Waals surface area contributed by atoms with Crippen LogP contribution in [-0.2, 0) is 17.8 Å². The van der Waals surface area contributed by atoms with Crippen LogP contribution in [0.1, 0.15) is 24.0 Å². The second-order valence-corrected chi connectivity index (χ2v) is 6.12. The summed E-state index contributed by atoms with van der Waals surface area (Å²) in [6.45, 7) is 1.53. The Labute approximate surface area is 119 Å². The summed E-state index contributed by atoms with van der Waals surface area (Å²) in [5, 5.41) is 12.6. The fourth-order valence-corrected chi connectivity index (χ4v) is 3.22. The van der Waals surface area contributed by atoms with Crippen molar-refractivity contribution in [2.24, 2.45) is 5.92 Å². The molecule has 1 heterocycles. The molecule has 4 nitrogen and oxygen atoms in total. The van der Waals surface area contributed by atoms with Gasteiger partial charge in [-0.15, -0.1) is 0 Å². The number of rotatable bonds is 3. The number of amides is 1. The van der Waals surface area contributed by atoms with E-state index in [9.17, 15) is 9.90 Å². The molecule has 1 atom stereocenters. The van der Waals surface area contributed by atoms with Crippen molar-refractivity contribution in [1.82, 2.24) is 10.2 Å². The zero-order valence-corrected chi connectivity index (χ0v) is 11.9. The molecule has 20 heavy (non-hydrogen) atoms. The van der Waals surface area contributed by atoms with Gasteiger partial charge in [0.2, 0.25) is 5.91 Å². The van der Waals surface area contributed by atoms with Crippen molar-refractivity contribution in [3.63, 3.8) is 0 Å². The van der Waals surface area contributed by atoms with Gasteiger partial charge in [0.1, 0.15) is 0 Å². The number of nitrogens with one attached hydrogen (secondary N) is 1. The van der Waals surface area contributed by atoms with Crippen LogP contribution in [0.25, 0.3) is 0 Å². The maximum atomic E-state index is 12.5. The van der Waals surface area contributed by atoms with Gasteiger partial charge in [-0.05, 0) is 36.3 Å². The summed E-state index contributed by atoms with van der Waals surface area (Å²) < 4.78 is 0. The smallest absolute Gasteiger partial charge is 0.239 e. The molecule has 3 rings (SSSR count). The topological polar surface area (TPSA) is 52.6 Å². The van der Waals surface area contributed by atoms with Crippen molar-refractivity contribution in [3.05, 3.63) is 35.4 Å². The second kappa shape index (κ2) is 5.54. The molecule has 0 bridgehead atoms. The molecular formula is C16H22N2O2. The van der Waals surface area contributed by atoms with E-state index in [4.69, 9.17) is 0 Å². The van der Waals surface area contributed by atoms with Crippen LogP contribution in [0.5, 0.6) is 0 Å². The summed E-state index contributed by atoms with van der Waals surface area (Å²) in [5.74, 6) is 0.635. The molecule has 0 spiro atoms. The van der Waals surface area contributed by atoms with Crippen LogP contribution in [0.15, 0.2) is 24.3 Å². The normalized spacial score (nSPS) is 28.4. The molecule has 1 aromatic rings. The maximum Gasteiger partial charge on any atom is 0.239 e. The van der Waals surface area contributed by atoms with Crippen LogP contribution in [0.2, 0.25) is 0 Å². The molecule has 0 unspecified atom stereocenters. The maximum absolute atomic E-state index is 12.5. The number of nitrogens with zero attached hydrogens (tertiary/aromatic N) is 1. The standard InChI is InChI=1S/C16H22N2O2/c1-18(10-11-6-14(19)7-11)16(20)15-8-12-4-2-3-5-13(12)9-17-15/h2-5,11,14-15,17,19H,6-10H2,1H3/t11?,14?,15-/m1/s1. The summed E-state index contributed by atoms with van der Waals surface area (Å²) in [6, 6.07) is 8.18. The number of hydrogen-bond donors (Lipinski definition) is 2. The van der Waals surface area contributed by atoms with Gasteiger partial charge in [-0.25, -0.2) is 0 Å². The van der Waals surface area contributed by atoms with E-state index >= 15 is 0 Å². The third-order valence-corrected chi connectivity index (χ3v) is 4.50. The average molecular weight is 274 g/mol. The molecule has 108 valence electrons. The Hall–Kier alpha value is -1.39. The summed E-state index contributed by atoms with van der Waals surface area (Å²) in [7, 11) is 1.87. The van der Waals surface area contributed by atoms with Crippen LogP contribution in [0.4, 0.5) is 0 Å². The van der Waals surface area contributed by atoms with E-state index in [1.54, 1.807) is 0 Å². The molecule has 1 saturated carbocycles. The van der Waals surface area contributed by atoms with Crippen molar-refractivity contribution in [1.29, 1.82) is 0 Å². The van der Waals surface area contributed by atoms with Gasteiger partial charge in [0.15, 0.2) is 0 Å². The summed E-state index contributed by atoms with van der Waals surface area (Å²) >= 11 is 0. The van der Waals surface area contributed by atoms with Crippen LogP contribution < -0.4 is 5.32 Å². The minimum Gasteiger partial charge on any atom is -0.393 e. The van der Waals surface area contributed by atoms with Crippen molar-refractivity contribution in [3.8, 4) is 0 Å². The van der Waals surface area contributed by atoms with E-state index in [-0.39, 0.29) is 18.1 Å². The molecule has 2 aliphatic rings. The first-order valence-electron chi connectivity index (χ1n) is 7.36. The predicted octanol–water partition coefficient (Wildman–Crippen LogP) is 0.930. The Morgan fingerprint density at radius 2 is 2.05 bits per heavy atom. The van der Waals surface area contributed by atoms with Gasteiger partial charge < -0.3 is 15.3 Å². The summed E-state index contributed by atoms with van der Waals surface area (Å²) in [5.41, 5.74) is 2.57. The van der Waals surface area contributed by atoms with Crippen molar-refractivity contribution >= 4 is 5.91 Å². The zero-order valence-electron chi connectivity index (χ0n) is 11.9. The predicted molar refractivity (Wildman–Crippen MR) is 77.1 cm³/mol. The molecule has 1 aliphatic heterocycles. The lowest BCUT2D eigenvalue weighted by molar-refractivity contribution is -0.134. The molecule has 0 saturated heterocycles. The first kappa shape index (κ1) is 13.6. The fourth-order valence-electron chi connectivity index (χ4n) is 3.22. The third-order valence-electron chi connectivity index (χ3n) is 4.50. The second-order valence-electron chi connectivity index (χ2n) is 6.12. The molecule has 0 radical (unpaired) electrons. The molecule has 2 N–H and O–H groups in total. The molecule has 4 heteroatoms. The highest BCUT2D eigenvalue weighted by molar-refractivity contribution is 5.82. The molecular weight excluding hydrogens is 252 g/mol. The van der Waals surface area contributed by atoms with Gasteiger partial charge in [0.25, 0.3) is 0 Å². The highest BCUT2D eigenvalue weighted by Gasteiger charge is 2.31. The van der Waals surface area contributed by atoms with Gasteiger partial charge in [-0.1, -0.05) is 24.3 Å². The minimum atomic E-state index is -0.150. The van der Waals surface area contributed by atoms with Crippen molar-refractivity contribution in [2.75, 3.05) is 13.6 Å². The molecule has 1 amide bonds. The van der Waals surface area contributed by atoms with Crippen LogP contribution in [-0.4, -0.2) is 41.7 Å². The monoisotopic (exact) mass is 274 g/mol. The van der Waals surface area contributed by atoms with E-state index in [1.807, 2.05) is 24.1 Å². The lowest BCUT2D eigenvalue weighted by atomic mass is 9.82. The number of likely N-dealkylation sites (N-methyl/N-ethyl adjacent to an activating group) is 1. The third kappa shape index (κ3) is 2.72. The Morgan fingerprint density at radius 3 is 2.75 bits per heavy atom. The highest BCUT2D eigenvalue weighted by atomic mass is 16.3. The number of aliphatic hydroxyl groups excluding tert-OH is 1. The van der Waals surface area contributed by atoms with Gasteiger partial charge in [-0.2, -0.15) is 0 Å². The highest BCUT2D eigenvalue weighted by Crippen LogP contribution is 2.28. The first-order valence-corrected chi connectivity index (χ1v) is 7.36. The van der Waals surface area contributed by atoms with Crippen molar-refractivity contribution in [2.45, 2.75) is 38.0 Å². The Bertz CT molecular complexity index is 497. The number of hydrogen-bond acceptors (Lipinski definition) is 3. The fraction of sp³-hybridized carbons (Fsp3) is 0.562. The Kier molecular flexibility index (Phi) is 3.76. The molecule has 1 fully saturated rings.